The van der Waals surface area contributed by atoms with Crippen LogP contribution in [0, 0.1) is 0 Å². The van der Waals surface area contributed by atoms with E-state index in [1.165, 1.54) is 16.8 Å². The van der Waals surface area contributed by atoms with E-state index in [2.05, 4.69) is 9.97 Å². The van der Waals surface area contributed by atoms with E-state index in [9.17, 15) is 18.0 Å². The number of halogens is 3. The molecule has 0 radical (unpaired) electrons. The Balaban J connectivity index is 1.84. The predicted molar refractivity (Wildman–Crippen MR) is 89.2 cm³/mol. The molecule has 1 saturated heterocycles. The summed E-state index contributed by atoms with van der Waals surface area (Å²) in [5.41, 5.74) is -0.404. The molecule has 2 aromatic rings. The topological polar surface area (TPSA) is 76.6 Å². The van der Waals surface area contributed by atoms with E-state index in [1.54, 1.807) is 0 Å². The van der Waals surface area contributed by atoms with E-state index in [-0.39, 0.29) is 30.8 Å². The number of aromatic nitrogens is 3. The number of nitrogens with zero attached hydrogens (tertiary/aromatic N) is 5. The second kappa shape index (κ2) is 6.55. The summed E-state index contributed by atoms with van der Waals surface area (Å²) in [7, 11) is 0. The first-order chi connectivity index (χ1) is 12.9. The Kier molecular flexibility index (Phi) is 4.33. The third-order valence-electron chi connectivity index (χ3n) is 4.82. The molecule has 27 heavy (non-hydrogen) atoms. The number of rotatable bonds is 2. The molecule has 2 atom stereocenters. The smallest absolute Gasteiger partial charge is 0.409 e. The standard InChI is InChI=1S/C16H18F3N5O3/c1-10-8-26-5-4-22(10)12-6-13(25)23-3-2-11(16(17,18)19)24(15(23)21-12)14-7-20-9-27-14/h6-7,9-11H,2-5,8H2,1H3/t10-,11+/m1/s1. The number of ether oxygens (including phenoxy) is 1. The summed E-state index contributed by atoms with van der Waals surface area (Å²) in [6, 6.07) is -0.540. The van der Waals surface area contributed by atoms with Crippen LogP contribution in [0.3, 0.4) is 0 Å². The molecule has 0 spiro atoms. The van der Waals surface area contributed by atoms with Crippen molar-refractivity contribution in [2.24, 2.45) is 0 Å². The number of alkyl halides is 3. The highest BCUT2D eigenvalue weighted by molar-refractivity contribution is 5.56. The van der Waals surface area contributed by atoms with Crippen LogP contribution in [-0.2, 0) is 11.3 Å². The lowest BCUT2D eigenvalue weighted by molar-refractivity contribution is -0.151. The van der Waals surface area contributed by atoms with Crippen molar-refractivity contribution in [3.63, 3.8) is 0 Å². The molecule has 4 heterocycles. The minimum absolute atomic E-state index is 0.0468. The molecular formula is C16H18F3N5O3. The molecule has 0 bridgehead atoms. The fraction of sp³-hybridized carbons (Fsp3) is 0.562. The lowest BCUT2D eigenvalue weighted by Crippen LogP contribution is -2.51. The molecule has 0 unspecified atom stereocenters. The molecule has 2 aliphatic rings. The predicted octanol–water partition coefficient (Wildman–Crippen LogP) is 1.93. The molecule has 2 aromatic heterocycles. The van der Waals surface area contributed by atoms with Crippen LogP contribution in [0.25, 0.3) is 0 Å². The van der Waals surface area contributed by atoms with E-state index < -0.39 is 17.8 Å². The van der Waals surface area contributed by atoms with Gasteiger partial charge in [-0.15, -0.1) is 0 Å². The average Bonchev–Trinajstić information content (AvgIpc) is 3.14. The number of anilines is 3. The van der Waals surface area contributed by atoms with Crippen LogP contribution in [-0.4, -0.2) is 52.6 Å². The van der Waals surface area contributed by atoms with E-state index in [0.717, 1.165) is 11.3 Å². The first-order valence-corrected chi connectivity index (χ1v) is 8.57. The Labute approximate surface area is 152 Å². The van der Waals surface area contributed by atoms with Gasteiger partial charge in [-0.3, -0.25) is 14.3 Å². The van der Waals surface area contributed by atoms with Gasteiger partial charge >= 0.3 is 6.18 Å². The Morgan fingerprint density at radius 1 is 1.30 bits per heavy atom. The van der Waals surface area contributed by atoms with Crippen LogP contribution in [0.15, 0.2) is 27.9 Å². The maximum Gasteiger partial charge on any atom is 0.409 e. The number of hydrogen-bond donors (Lipinski definition) is 0. The largest absolute Gasteiger partial charge is 0.427 e. The Hall–Kier alpha value is -2.56. The van der Waals surface area contributed by atoms with E-state index in [1.807, 2.05) is 11.8 Å². The van der Waals surface area contributed by atoms with Crippen LogP contribution in [0.2, 0.25) is 0 Å². The van der Waals surface area contributed by atoms with Crippen LogP contribution in [0.1, 0.15) is 13.3 Å². The fourth-order valence-electron chi connectivity index (χ4n) is 3.50. The lowest BCUT2D eigenvalue weighted by atomic mass is 10.1. The first-order valence-electron chi connectivity index (χ1n) is 8.57. The zero-order valence-electron chi connectivity index (χ0n) is 14.5. The number of morpholine rings is 1. The second-order valence-electron chi connectivity index (χ2n) is 6.58. The molecule has 8 nitrogen and oxygen atoms in total. The van der Waals surface area contributed by atoms with Gasteiger partial charge in [0.15, 0.2) is 6.39 Å². The molecule has 0 N–H and O–H groups in total. The van der Waals surface area contributed by atoms with Gasteiger partial charge in [-0.05, 0) is 13.3 Å². The quantitative estimate of drug-likeness (QED) is 0.782. The summed E-state index contributed by atoms with van der Waals surface area (Å²) < 4.78 is 52.7. The number of oxazole rings is 1. The van der Waals surface area contributed by atoms with Crippen LogP contribution >= 0.6 is 0 Å². The Bertz CT molecular complexity index is 867. The summed E-state index contributed by atoms with van der Waals surface area (Å²) in [6.45, 7) is 3.25. The average molecular weight is 385 g/mol. The second-order valence-corrected chi connectivity index (χ2v) is 6.58. The lowest BCUT2D eigenvalue weighted by Gasteiger charge is -2.39. The molecule has 2 aliphatic heterocycles. The zero-order valence-corrected chi connectivity index (χ0v) is 14.5. The van der Waals surface area contributed by atoms with Crippen molar-refractivity contribution in [3.8, 4) is 0 Å². The minimum atomic E-state index is -4.52. The van der Waals surface area contributed by atoms with Gasteiger partial charge in [0, 0.05) is 19.2 Å². The van der Waals surface area contributed by atoms with Crippen LogP contribution < -0.4 is 15.4 Å². The summed E-state index contributed by atoms with van der Waals surface area (Å²) in [5, 5.41) is 0. The molecule has 0 aromatic carbocycles. The van der Waals surface area contributed by atoms with Crippen LogP contribution in [0.4, 0.5) is 30.8 Å². The molecule has 0 saturated carbocycles. The van der Waals surface area contributed by atoms with Crippen LogP contribution in [0.5, 0.6) is 0 Å². The van der Waals surface area contributed by atoms with E-state index in [4.69, 9.17) is 9.15 Å². The summed E-state index contributed by atoms with van der Waals surface area (Å²) >= 11 is 0. The Morgan fingerprint density at radius 2 is 2.11 bits per heavy atom. The molecule has 0 aliphatic carbocycles. The van der Waals surface area contributed by atoms with Gasteiger partial charge < -0.3 is 14.1 Å². The maximum absolute atomic E-state index is 13.6. The van der Waals surface area contributed by atoms with Crippen molar-refractivity contribution in [1.29, 1.82) is 0 Å². The molecule has 4 rings (SSSR count). The van der Waals surface area contributed by atoms with E-state index in [0.29, 0.717) is 25.6 Å². The highest BCUT2D eigenvalue weighted by Crippen LogP contribution is 2.39. The minimum Gasteiger partial charge on any atom is -0.427 e. The van der Waals surface area contributed by atoms with E-state index >= 15 is 0 Å². The fourth-order valence-corrected chi connectivity index (χ4v) is 3.50. The number of hydrogen-bond acceptors (Lipinski definition) is 7. The first kappa shape index (κ1) is 17.8. The zero-order chi connectivity index (χ0) is 19.2. The van der Waals surface area contributed by atoms with Crippen molar-refractivity contribution in [3.05, 3.63) is 29.0 Å². The summed E-state index contributed by atoms with van der Waals surface area (Å²) in [4.78, 5) is 23.5. The van der Waals surface area contributed by atoms with Crippen molar-refractivity contribution >= 4 is 17.7 Å². The highest BCUT2D eigenvalue weighted by Gasteiger charge is 2.48. The summed E-state index contributed by atoms with van der Waals surface area (Å²) in [6.07, 6.45) is -2.57. The van der Waals surface area contributed by atoms with Gasteiger partial charge in [0.25, 0.3) is 5.56 Å². The maximum atomic E-state index is 13.6. The van der Waals surface area contributed by atoms with Crippen molar-refractivity contribution in [2.45, 2.75) is 38.1 Å². The molecular weight excluding hydrogens is 367 g/mol. The highest BCUT2D eigenvalue weighted by atomic mass is 19.4. The van der Waals surface area contributed by atoms with Crippen molar-refractivity contribution in [2.75, 3.05) is 29.6 Å². The van der Waals surface area contributed by atoms with Gasteiger partial charge in [0.05, 0.1) is 25.5 Å². The van der Waals surface area contributed by atoms with Gasteiger partial charge in [-0.1, -0.05) is 0 Å². The number of fused-ring (bicyclic) bond motifs is 1. The van der Waals surface area contributed by atoms with Crippen molar-refractivity contribution < 1.29 is 22.3 Å². The SMILES string of the molecule is C[C@@H]1COCCN1c1cc(=O)n2c(n1)N(c1cnco1)[C@H](C(F)(F)F)CC2. The normalized spacial score (nSPS) is 23.4. The Morgan fingerprint density at radius 3 is 2.78 bits per heavy atom. The molecule has 1 fully saturated rings. The van der Waals surface area contributed by atoms with Gasteiger partial charge in [0.1, 0.15) is 11.9 Å². The monoisotopic (exact) mass is 385 g/mol. The van der Waals surface area contributed by atoms with Crippen molar-refractivity contribution in [1.82, 2.24) is 14.5 Å². The van der Waals surface area contributed by atoms with Gasteiger partial charge in [-0.2, -0.15) is 18.2 Å². The summed E-state index contributed by atoms with van der Waals surface area (Å²) in [5.74, 6) is 0.126. The third-order valence-corrected chi connectivity index (χ3v) is 4.82. The van der Waals surface area contributed by atoms with Gasteiger partial charge in [0.2, 0.25) is 11.8 Å². The molecule has 11 heteroatoms. The molecule has 0 amide bonds. The molecule has 146 valence electrons. The van der Waals surface area contributed by atoms with Gasteiger partial charge in [-0.25, -0.2) is 4.98 Å². The third kappa shape index (κ3) is 3.15.